The van der Waals surface area contributed by atoms with Crippen LogP contribution in [0.1, 0.15) is 11.5 Å². The Labute approximate surface area is 169 Å². The third-order valence-electron chi connectivity index (χ3n) is 4.70. The van der Waals surface area contributed by atoms with Crippen LogP contribution in [-0.4, -0.2) is 29.3 Å². The molecule has 0 aliphatic heterocycles. The van der Waals surface area contributed by atoms with E-state index in [0.29, 0.717) is 33.8 Å². The summed E-state index contributed by atoms with van der Waals surface area (Å²) in [4.78, 5) is 17.0. The molecule has 3 heterocycles. The van der Waals surface area contributed by atoms with Crippen LogP contribution in [0.25, 0.3) is 28.1 Å². The van der Waals surface area contributed by atoms with Gasteiger partial charge in [0.15, 0.2) is 5.16 Å². The van der Waals surface area contributed by atoms with E-state index in [1.807, 2.05) is 53.8 Å². The first-order valence-electron chi connectivity index (χ1n) is 8.97. The van der Waals surface area contributed by atoms with Gasteiger partial charge >= 0.3 is 0 Å². The summed E-state index contributed by atoms with van der Waals surface area (Å²) in [7, 11) is 1.69. The molecule has 29 heavy (non-hydrogen) atoms. The fourth-order valence-electron chi connectivity index (χ4n) is 3.16. The summed E-state index contributed by atoms with van der Waals surface area (Å²) < 4.78 is 8.77. The van der Waals surface area contributed by atoms with Gasteiger partial charge in [-0.1, -0.05) is 58.9 Å². The van der Waals surface area contributed by atoms with Crippen molar-refractivity contribution in [3.05, 3.63) is 70.3 Å². The minimum Gasteiger partial charge on any atom is -0.338 e. The van der Waals surface area contributed by atoms with E-state index in [-0.39, 0.29) is 5.56 Å². The number of hydrogen-bond acceptors (Lipinski definition) is 7. The van der Waals surface area contributed by atoms with Gasteiger partial charge in [0.05, 0.1) is 16.7 Å². The molecule has 0 spiro atoms. The molecule has 5 rings (SSSR count). The van der Waals surface area contributed by atoms with Gasteiger partial charge in [0.1, 0.15) is 0 Å². The molecular formula is C20H16N6O2S. The lowest BCUT2D eigenvalue weighted by atomic mass is 10.1. The molecule has 0 aliphatic rings. The number of benzene rings is 2. The fourth-order valence-corrected chi connectivity index (χ4v) is 3.94. The van der Waals surface area contributed by atoms with Crippen molar-refractivity contribution in [2.45, 2.75) is 17.8 Å². The molecule has 0 aliphatic carbocycles. The molecule has 0 atom stereocenters. The number of nitrogens with zero attached hydrogens (tertiary/aromatic N) is 6. The first-order chi connectivity index (χ1) is 14.1. The van der Waals surface area contributed by atoms with Crippen molar-refractivity contribution in [2.75, 3.05) is 0 Å². The summed E-state index contributed by atoms with van der Waals surface area (Å²) in [5.41, 5.74) is 2.75. The Morgan fingerprint density at radius 3 is 2.69 bits per heavy atom. The summed E-state index contributed by atoms with van der Waals surface area (Å²) in [5, 5.41) is 13.8. The molecule has 2 aromatic carbocycles. The number of aryl methyl sites for hydroxylation is 2. The molecular weight excluding hydrogens is 388 g/mol. The van der Waals surface area contributed by atoms with Gasteiger partial charge in [-0.15, -0.1) is 10.2 Å². The van der Waals surface area contributed by atoms with Gasteiger partial charge in [-0.05, 0) is 19.1 Å². The highest BCUT2D eigenvalue weighted by molar-refractivity contribution is 7.98. The maximum absolute atomic E-state index is 12.5. The second kappa shape index (κ2) is 6.85. The highest BCUT2D eigenvalue weighted by atomic mass is 32.2. The van der Waals surface area contributed by atoms with Crippen molar-refractivity contribution in [3.63, 3.8) is 0 Å². The van der Waals surface area contributed by atoms with Crippen LogP contribution in [-0.2, 0) is 12.8 Å². The molecule has 3 aromatic heterocycles. The average Bonchev–Trinajstić information content (AvgIpc) is 3.38. The first kappa shape index (κ1) is 17.6. The predicted molar refractivity (Wildman–Crippen MR) is 110 cm³/mol. The van der Waals surface area contributed by atoms with Gasteiger partial charge in [-0.2, -0.15) is 4.98 Å². The Bertz CT molecular complexity index is 1400. The van der Waals surface area contributed by atoms with Crippen LogP contribution in [0, 0.1) is 6.92 Å². The lowest BCUT2D eigenvalue weighted by molar-refractivity contribution is 0.391. The van der Waals surface area contributed by atoms with E-state index in [4.69, 9.17) is 4.52 Å². The van der Waals surface area contributed by atoms with E-state index >= 15 is 0 Å². The van der Waals surface area contributed by atoms with Crippen LogP contribution in [0.15, 0.2) is 63.0 Å². The van der Waals surface area contributed by atoms with E-state index in [1.165, 1.54) is 21.9 Å². The molecule has 8 nitrogen and oxygen atoms in total. The Kier molecular flexibility index (Phi) is 4.17. The van der Waals surface area contributed by atoms with E-state index in [1.54, 1.807) is 13.1 Å². The Morgan fingerprint density at radius 2 is 1.86 bits per heavy atom. The maximum atomic E-state index is 12.5. The molecule has 0 saturated heterocycles. The van der Waals surface area contributed by atoms with E-state index < -0.39 is 0 Å². The number of hydrogen-bond donors (Lipinski definition) is 0. The maximum Gasteiger partial charge on any atom is 0.262 e. The predicted octanol–water partition coefficient (Wildman–Crippen LogP) is 3.23. The summed E-state index contributed by atoms with van der Waals surface area (Å²) in [5.74, 6) is 1.98. The van der Waals surface area contributed by atoms with Gasteiger partial charge < -0.3 is 4.52 Å². The lowest BCUT2D eigenvalue weighted by Crippen LogP contribution is -2.20. The topological polar surface area (TPSA) is 91.1 Å². The van der Waals surface area contributed by atoms with Crippen LogP contribution in [0.3, 0.4) is 0 Å². The summed E-state index contributed by atoms with van der Waals surface area (Å²) in [6.45, 7) is 2.03. The Balaban J connectivity index is 1.48. The second-order valence-electron chi connectivity index (χ2n) is 6.67. The third-order valence-corrected chi connectivity index (χ3v) is 5.61. The summed E-state index contributed by atoms with van der Waals surface area (Å²) >= 11 is 1.43. The number of para-hydroxylation sites is 1. The number of thioether (sulfide) groups is 1. The van der Waals surface area contributed by atoms with Gasteiger partial charge in [0.2, 0.25) is 17.5 Å². The van der Waals surface area contributed by atoms with Gasteiger partial charge in [0, 0.05) is 12.6 Å². The van der Waals surface area contributed by atoms with Gasteiger partial charge in [-0.25, -0.2) is 0 Å². The third kappa shape index (κ3) is 2.99. The van der Waals surface area contributed by atoms with Crippen LogP contribution in [0.5, 0.6) is 0 Å². The van der Waals surface area contributed by atoms with Crippen LogP contribution >= 0.6 is 11.8 Å². The second-order valence-corrected chi connectivity index (χ2v) is 7.61. The molecule has 0 unspecified atom stereocenters. The highest BCUT2D eigenvalue weighted by Crippen LogP contribution is 2.25. The number of rotatable bonds is 4. The average molecular weight is 404 g/mol. The zero-order valence-electron chi connectivity index (χ0n) is 15.7. The number of aromatic nitrogens is 6. The minimum absolute atomic E-state index is 0.100. The zero-order chi connectivity index (χ0) is 20.0. The van der Waals surface area contributed by atoms with Gasteiger partial charge in [0.25, 0.3) is 5.56 Å². The fraction of sp³-hybridized carbons (Fsp3) is 0.150. The largest absolute Gasteiger partial charge is 0.338 e. The molecule has 144 valence electrons. The molecule has 0 saturated carbocycles. The standard InChI is InChI=1S/C20H16N6O2S/c1-12-7-9-13(10-8-12)17-21-16(28-24-17)11-29-20-23-22-19-25(2)18(27)14-5-3-4-6-15(14)26(19)20/h3-10H,11H2,1-2H3. The molecule has 0 amide bonds. The normalized spacial score (nSPS) is 11.5. The molecule has 0 radical (unpaired) electrons. The van der Waals surface area contributed by atoms with Crippen molar-refractivity contribution in [1.82, 2.24) is 29.3 Å². The van der Waals surface area contributed by atoms with Crippen LogP contribution < -0.4 is 5.56 Å². The van der Waals surface area contributed by atoms with E-state index in [0.717, 1.165) is 11.1 Å². The summed E-state index contributed by atoms with van der Waals surface area (Å²) in [6, 6.07) is 15.4. The Hall–Kier alpha value is -3.46. The molecule has 0 N–H and O–H groups in total. The lowest BCUT2D eigenvalue weighted by Gasteiger charge is -2.06. The molecule has 9 heteroatoms. The smallest absolute Gasteiger partial charge is 0.262 e. The van der Waals surface area contributed by atoms with Gasteiger partial charge in [-0.3, -0.25) is 13.8 Å². The van der Waals surface area contributed by atoms with Crippen molar-refractivity contribution in [1.29, 1.82) is 0 Å². The van der Waals surface area contributed by atoms with E-state index in [2.05, 4.69) is 20.3 Å². The first-order valence-corrected chi connectivity index (χ1v) is 9.95. The summed E-state index contributed by atoms with van der Waals surface area (Å²) in [6.07, 6.45) is 0. The molecule has 5 aromatic rings. The van der Waals surface area contributed by atoms with Crippen molar-refractivity contribution < 1.29 is 4.52 Å². The minimum atomic E-state index is -0.100. The number of fused-ring (bicyclic) bond motifs is 3. The monoisotopic (exact) mass is 404 g/mol. The van der Waals surface area contributed by atoms with Crippen molar-refractivity contribution in [2.24, 2.45) is 7.05 Å². The molecule has 0 bridgehead atoms. The Morgan fingerprint density at radius 1 is 1.07 bits per heavy atom. The van der Waals surface area contributed by atoms with Crippen molar-refractivity contribution >= 4 is 28.4 Å². The SMILES string of the molecule is Cc1ccc(-c2noc(CSc3nnc4n(C)c(=O)c5ccccc5n34)n2)cc1. The quantitative estimate of drug-likeness (QED) is 0.425. The van der Waals surface area contributed by atoms with Crippen molar-refractivity contribution in [3.8, 4) is 11.4 Å². The van der Waals surface area contributed by atoms with Crippen LogP contribution in [0.2, 0.25) is 0 Å². The van der Waals surface area contributed by atoms with Crippen LogP contribution in [0.4, 0.5) is 0 Å². The zero-order valence-corrected chi connectivity index (χ0v) is 16.6. The van der Waals surface area contributed by atoms with E-state index in [9.17, 15) is 4.79 Å². The molecule has 0 fully saturated rings. The highest BCUT2D eigenvalue weighted by Gasteiger charge is 2.16.